The van der Waals surface area contributed by atoms with E-state index in [1.807, 2.05) is 12.3 Å². The largest absolute Gasteiger partial charge is 0.357 e. The number of para-hydroxylation sites is 1. The van der Waals surface area contributed by atoms with Crippen LogP contribution in [0.2, 0.25) is 0 Å². The number of benzene rings is 1. The molecule has 0 aliphatic carbocycles. The summed E-state index contributed by atoms with van der Waals surface area (Å²) in [5.74, 6) is 1.91. The number of nitrogens with zero attached hydrogens (tertiary/aromatic N) is 3. The number of hydrogen-bond acceptors (Lipinski definition) is 2. The lowest BCUT2D eigenvalue weighted by Gasteiger charge is -2.33. The number of aromatic nitrogens is 1. The second-order valence-corrected chi connectivity index (χ2v) is 6.65. The summed E-state index contributed by atoms with van der Waals surface area (Å²) < 4.78 is 0. The highest BCUT2D eigenvalue weighted by Crippen LogP contribution is 2.17. The minimum Gasteiger partial charge on any atom is -0.357 e. The summed E-state index contributed by atoms with van der Waals surface area (Å²) in [4.78, 5) is 11.8. The van der Waals surface area contributed by atoms with Crippen LogP contribution in [0.1, 0.15) is 32.3 Å². The summed E-state index contributed by atoms with van der Waals surface area (Å²) >= 11 is 0. The van der Waals surface area contributed by atoms with E-state index in [-0.39, 0.29) is 24.0 Å². The smallest absolute Gasteiger partial charge is 0.193 e. The lowest BCUT2D eigenvalue weighted by molar-refractivity contribution is 0.273. The molecule has 2 heterocycles. The van der Waals surface area contributed by atoms with Crippen LogP contribution >= 0.6 is 24.0 Å². The highest BCUT2D eigenvalue weighted by atomic mass is 127. The molecule has 0 atom stereocenters. The van der Waals surface area contributed by atoms with Gasteiger partial charge >= 0.3 is 0 Å². The molecule has 1 aromatic carbocycles. The van der Waals surface area contributed by atoms with E-state index in [1.54, 1.807) is 0 Å². The van der Waals surface area contributed by atoms with Crippen LogP contribution < -0.4 is 5.32 Å². The maximum Gasteiger partial charge on any atom is 0.193 e. The van der Waals surface area contributed by atoms with E-state index < -0.39 is 0 Å². The van der Waals surface area contributed by atoms with Gasteiger partial charge in [-0.1, -0.05) is 31.2 Å². The van der Waals surface area contributed by atoms with Crippen LogP contribution in [-0.4, -0.2) is 42.0 Å². The topological polar surface area (TPSA) is 40.5 Å². The molecule has 3 rings (SSSR count). The normalized spacial score (nSPS) is 15.9. The molecule has 0 radical (unpaired) electrons. The molecule has 4 nitrogen and oxygen atoms in total. The SMILES string of the molecule is CCNC(=NCCc1cccc2cccnc12)N1CCC(C)CC1.I. The van der Waals surface area contributed by atoms with Crippen molar-refractivity contribution in [3.8, 4) is 0 Å². The summed E-state index contributed by atoms with van der Waals surface area (Å²) in [6.07, 6.45) is 5.32. The van der Waals surface area contributed by atoms with Crippen LogP contribution in [0.4, 0.5) is 0 Å². The Morgan fingerprint density at radius 1 is 1.24 bits per heavy atom. The molecule has 1 aromatic heterocycles. The lowest BCUT2D eigenvalue weighted by atomic mass is 10.00. The van der Waals surface area contributed by atoms with Crippen molar-refractivity contribution < 1.29 is 0 Å². The Kier molecular flexibility index (Phi) is 7.93. The molecule has 0 saturated carbocycles. The maximum atomic E-state index is 4.87. The zero-order valence-corrected chi connectivity index (χ0v) is 17.6. The predicted octanol–water partition coefficient (Wildman–Crippen LogP) is 4.09. The van der Waals surface area contributed by atoms with E-state index in [0.717, 1.165) is 50.0 Å². The van der Waals surface area contributed by atoms with Crippen molar-refractivity contribution in [1.82, 2.24) is 15.2 Å². The van der Waals surface area contributed by atoms with Gasteiger partial charge in [-0.25, -0.2) is 0 Å². The highest BCUT2D eigenvalue weighted by molar-refractivity contribution is 14.0. The number of rotatable bonds is 4. The van der Waals surface area contributed by atoms with Crippen LogP contribution in [0.3, 0.4) is 0 Å². The van der Waals surface area contributed by atoms with Crippen molar-refractivity contribution in [3.63, 3.8) is 0 Å². The minimum absolute atomic E-state index is 0. The van der Waals surface area contributed by atoms with Crippen molar-refractivity contribution >= 4 is 40.8 Å². The molecule has 0 bridgehead atoms. The monoisotopic (exact) mass is 452 g/mol. The van der Waals surface area contributed by atoms with Crippen LogP contribution in [0.15, 0.2) is 41.5 Å². The van der Waals surface area contributed by atoms with E-state index in [1.165, 1.54) is 23.8 Å². The van der Waals surface area contributed by atoms with E-state index in [4.69, 9.17) is 4.99 Å². The van der Waals surface area contributed by atoms with Crippen LogP contribution in [0, 0.1) is 5.92 Å². The minimum atomic E-state index is 0. The van der Waals surface area contributed by atoms with Gasteiger partial charge in [0.05, 0.1) is 5.52 Å². The molecule has 1 saturated heterocycles. The molecule has 136 valence electrons. The number of likely N-dealkylation sites (tertiary alicyclic amines) is 1. The van der Waals surface area contributed by atoms with Crippen LogP contribution in [0.5, 0.6) is 0 Å². The molecule has 1 N–H and O–H groups in total. The lowest BCUT2D eigenvalue weighted by Crippen LogP contribution is -2.45. The number of piperidine rings is 1. The van der Waals surface area contributed by atoms with Crippen molar-refractivity contribution in [3.05, 3.63) is 42.1 Å². The fourth-order valence-corrected chi connectivity index (χ4v) is 3.30. The second-order valence-electron chi connectivity index (χ2n) is 6.65. The zero-order chi connectivity index (χ0) is 16.8. The standard InChI is InChI=1S/C20H28N4.HI/c1-3-21-20(24-14-10-16(2)11-15-24)23-13-9-18-7-4-6-17-8-5-12-22-19(17)18;/h4-8,12,16H,3,9-11,13-15H2,1-2H3,(H,21,23);1H. The Morgan fingerprint density at radius 3 is 2.76 bits per heavy atom. The first-order valence-corrected chi connectivity index (χ1v) is 9.14. The van der Waals surface area contributed by atoms with Crippen LogP contribution in [0.25, 0.3) is 10.9 Å². The summed E-state index contributed by atoms with van der Waals surface area (Å²) in [5, 5.41) is 4.66. The van der Waals surface area contributed by atoms with E-state index in [9.17, 15) is 0 Å². The molecule has 1 aliphatic heterocycles. The number of guanidine groups is 1. The third kappa shape index (κ3) is 5.30. The van der Waals surface area contributed by atoms with E-state index in [0.29, 0.717) is 0 Å². The molecular weight excluding hydrogens is 423 g/mol. The summed E-state index contributed by atoms with van der Waals surface area (Å²) in [6, 6.07) is 10.5. The quantitative estimate of drug-likeness (QED) is 0.432. The molecule has 0 unspecified atom stereocenters. The van der Waals surface area contributed by atoms with Gasteiger partial charge in [-0.2, -0.15) is 0 Å². The molecule has 2 aromatic rings. The highest BCUT2D eigenvalue weighted by Gasteiger charge is 2.18. The number of pyridine rings is 1. The van der Waals surface area contributed by atoms with Crippen molar-refractivity contribution in [2.45, 2.75) is 33.1 Å². The van der Waals surface area contributed by atoms with Gasteiger partial charge in [-0.3, -0.25) is 9.98 Å². The first-order valence-electron chi connectivity index (χ1n) is 9.14. The summed E-state index contributed by atoms with van der Waals surface area (Å²) in [7, 11) is 0. The molecule has 25 heavy (non-hydrogen) atoms. The first kappa shape index (κ1) is 19.9. The molecular formula is C20H29IN4. The Morgan fingerprint density at radius 2 is 2.00 bits per heavy atom. The number of fused-ring (bicyclic) bond motifs is 1. The molecule has 0 spiro atoms. The van der Waals surface area contributed by atoms with Crippen molar-refractivity contribution in [2.75, 3.05) is 26.2 Å². The van der Waals surface area contributed by atoms with E-state index in [2.05, 4.69) is 53.3 Å². The Balaban J connectivity index is 0.00000225. The van der Waals surface area contributed by atoms with Gasteiger partial charge in [0.25, 0.3) is 0 Å². The van der Waals surface area contributed by atoms with Gasteiger partial charge < -0.3 is 10.2 Å². The number of aliphatic imine (C=N–C) groups is 1. The van der Waals surface area contributed by atoms with Gasteiger partial charge in [0.15, 0.2) is 5.96 Å². The van der Waals surface area contributed by atoms with Crippen LogP contribution in [-0.2, 0) is 6.42 Å². The average Bonchev–Trinajstić information content (AvgIpc) is 2.62. The van der Waals surface area contributed by atoms with Gasteiger partial charge in [0, 0.05) is 37.8 Å². The fraction of sp³-hybridized carbons (Fsp3) is 0.500. The Hall–Kier alpha value is -1.37. The maximum absolute atomic E-state index is 4.87. The third-order valence-electron chi connectivity index (χ3n) is 4.78. The Labute approximate surface area is 168 Å². The summed E-state index contributed by atoms with van der Waals surface area (Å²) in [6.45, 7) is 8.42. The first-order chi connectivity index (χ1) is 11.8. The van der Waals surface area contributed by atoms with Crippen molar-refractivity contribution in [2.24, 2.45) is 10.9 Å². The van der Waals surface area contributed by atoms with Gasteiger partial charge in [-0.05, 0) is 43.7 Å². The van der Waals surface area contributed by atoms with Gasteiger partial charge in [-0.15, -0.1) is 24.0 Å². The third-order valence-corrected chi connectivity index (χ3v) is 4.78. The molecule has 0 amide bonds. The predicted molar refractivity (Wildman–Crippen MR) is 117 cm³/mol. The molecule has 1 aliphatic rings. The average molecular weight is 452 g/mol. The van der Waals surface area contributed by atoms with Crippen molar-refractivity contribution in [1.29, 1.82) is 0 Å². The fourth-order valence-electron chi connectivity index (χ4n) is 3.30. The van der Waals surface area contributed by atoms with Gasteiger partial charge in [0.2, 0.25) is 0 Å². The van der Waals surface area contributed by atoms with Gasteiger partial charge in [0.1, 0.15) is 0 Å². The number of nitrogens with one attached hydrogen (secondary N) is 1. The molecule has 1 fully saturated rings. The zero-order valence-electron chi connectivity index (χ0n) is 15.2. The number of hydrogen-bond donors (Lipinski definition) is 1. The summed E-state index contributed by atoms with van der Waals surface area (Å²) in [5.41, 5.74) is 2.38. The van der Waals surface area contributed by atoms with E-state index >= 15 is 0 Å². The Bertz CT molecular complexity index is 688. The number of halogens is 1. The molecule has 5 heteroatoms. The second kappa shape index (κ2) is 9.94.